The van der Waals surface area contributed by atoms with Gasteiger partial charge in [-0.15, -0.1) is 0 Å². The molecule has 1 unspecified atom stereocenters. The summed E-state index contributed by atoms with van der Waals surface area (Å²) in [7, 11) is 0. The molecule has 5 heteroatoms. The highest BCUT2D eigenvalue weighted by Crippen LogP contribution is 2.20. The van der Waals surface area contributed by atoms with Crippen molar-refractivity contribution in [3.63, 3.8) is 0 Å². The van der Waals surface area contributed by atoms with Gasteiger partial charge in [0.05, 0.1) is 18.8 Å². The van der Waals surface area contributed by atoms with Crippen molar-refractivity contribution in [1.82, 2.24) is 9.80 Å². The van der Waals surface area contributed by atoms with Gasteiger partial charge in [-0.05, 0) is 12.8 Å². The average Bonchev–Trinajstić information content (AvgIpc) is 2.47. The van der Waals surface area contributed by atoms with E-state index in [0.29, 0.717) is 19.3 Å². The van der Waals surface area contributed by atoms with E-state index in [1.54, 1.807) is 6.92 Å². The van der Waals surface area contributed by atoms with Gasteiger partial charge in [-0.1, -0.05) is 19.3 Å². The number of carbonyl (C=O) groups is 1. The largest absolute Gasteiger partial charge is 0.389 e. The summed E-state index contributed by atoms with van der Waals surface area (Å²) in [6.07, 6.45) is 6.06. The molecule has 0 aromatic heterocycles. The Kier molecular flexibility index (Phi) is 6.26. The molecule has 1 aliphatic carbocycles. The molecule has 2 rings (SSSR count). The van der Waals surface area contributed by atoms with Crippen molar-refractivity contribution in [2.24, 2.45) is 0 Å². The Bertz CT molecular complexity index is 297. The van der Waals surface area contributed by atoms with Gasteiger partial charge in [-0.3, -0.25) is 9.69 Å². The van der Waals surface area contributed by atoms with Gasteiger partial charge >= 0.3 is 0 Å². The molecule has 2 aliphatic rings. The highest BCUT2D eigenvalue weighted by molar-refractivity contribution is 5.73. The molecular weight excluding hydrogens is 256 g/mol. The zero-order chi connectivity index (χ0) is 14.4. The van der Waals surface area contributed by atoms with Gasteiger partial charge in [0.15, 0.2) is 0 Å². The molecule has 0 spiro atoms. The third-order valence-electron chi connectivity index (χ3n) is 4.36. The molecule has 1 N–H and O–H groups in total. The van der Waals surface area contributed by atoms with Crippen LogP contribution in [0.15, 0.2) is 0 Å². The second-order valence-electron chi connectivity index (χ2n) is 6.05. The molecule has 1 amide bonds. The fourth-order valence-electron chi connectivity index (χ4n) is 3.08. The number of β-amino-alcohol motifs (C(OH)–C–C–N with tert-alkyl or cyclic N) is 1. The Morgan fingerprint density at radius 3 is 2.45 bits per heavy atom. The summed E-state index contributed by atoms with van der Waals surface area (Å²) in [6.45, 7) is 5.94. The third-order valence-corrected chi connectivity index (χ3v) is 4.36. The Hall–Kier alpha value is -0.650. The van der Waals surface area contributed by atoms with Gasteiger partial charge in [0, 0.05) is 39.6 Å². The van der Waals surface area contributed by atoms with Crippen molar-refractivity contribution < 1.29 is 14.6 Å². The lowest BCUT2D eigenvalue weighted by atomic mass is 9.98. The first kappa shape index (κ1) is 15.7. The van der Waals surface area contributed by atoms with Crippen molar-refractivity contribution >= 4 is 5.91 Å². The average molecular weight is 284 g/mol. The molecule has 5 nitrogen and oxygen atoms in total. The van der Waals surface area contributed by atoms with Gasteiger partial charge < -0.3 is 14.7 Å². The van der Waals surface area contributed by atoms with E-state index in [9.17, 15) is 9.90 Å². The third kappa shape index (κ3) is 5.04. The molecule has 116 valence electrons. The van der Waals surface area contributed by atoms with Crippen LogP contribution in [0.3, 0.4) is 0 Å². The van der Waals surface area contributed by atoms with Crippen LogP contribution in [0.25, 0.3) is 0 Å². The fourth-order valence-corrected chi connectivity index (χ4v) is 3.08. The maximum Gasteiger partial charge on any atom is 0.219 e. The number of piperazine rings is 1. The predicted octanol–water partition coefficient (Wildman–Crippen LogP) is 0.861. The summed E-state index contributed by atoms with van der Waals surface area (Å²) in [5, 5.41) is 10.1. The van der Waals surface area contributed by atoms with E-state index < -0.39 is 6.10 Å². The standard InChI is InChI=1S/C15H28N2O3/c1-13(18)17-9-7-16(8-10-17)11-14(19)12-20-15-5-3-2-4-6-15/h14-15,19H,2-12H2,1H3. The summed E-state index contributed by atoms with van der Waals surface area (Å²) in [6, 6.07) is 0. The van der Waals surface area contributed by atoms with Crippen LogP contribution in [0, 0.1) is 0 Å². The molecule has 1 atom stereocenters. The molecule has 2 fully saturated rings. The number of hydrogen-bond acceptors (Lipinski definition) is 4. The Labute approximate surface area is 121 Å². The number of nitrogens with zero attached hydrogens (tertiary/aromatic N) is 2. The van der Waals surface area contributed by atoms with Gasteiger partial charge in [0.25, 0.3) is 0 Å². The van der Waals surface area contributed by atoms with Gasteiger partial charge in [0.1, 0.15) is 0 Å². The van der Waals surface area contributed by atoms with E-state index in [0.717, 1.165) is 39.0 Å². The lowest BCUT2D eigenvalue weighted by Gasteiger charge is -2.35. The number of amides is 1. The summed E-state index contributed by atoms with van der Waals surface area (Å²) < 4.78 is 5.80. The smallest absolute Gasteiger partial charge is 0.219 e. The van der Waals surface area contributed by atoms with Crippen LogP contribution >= 0.6 is 0 Å². The number of aliphatic hydroxyl groups is 1. The van der Waals surface area contributed by atoms with Crippen molar-refractivity contribution in [1.29, 1.82) is 0 Å². The molecule has 1 saturated carbocycles. The normalized spacial score (nSPS) is 23.8. The Morgan fingerprint density at radius 1 is 1.20 bits per heavy atom. The van der Waals surface area contributed by atoms with Crippen LogP contribution in [0.1, 0.15) is 39.0 Å². The molecular formula is C15H28N2O3. The first-order chi connectivity index (χ1) is 9.65. The van der Waals surface area contributed by atoms with Crippen LogP contribution in [0.5, 0.6) is 0 Å². The minimum absolute atomic E-state index is 0.144. The van der Waals surface area contributed by atoms with E-state index in [-0.39, 0.29) is 5.91 Å². The van der Waals surface area contributed by atoms with Crippen molar-refractivity contribution in [3.8, 4) is 0 Å². The number of aliphatic hydroxyl groups excluding tert-OH is 1. The van der Waals surface area contributed by atoms with Gasteiger partial charge in [-0.2, -0.15) is 0 Å². The van der Waals surface area contributed by atoms with E-state index >= 15 is 0 Å². The quantitative estimate of drug-likeness (QED) is 0.813. The summed E-state index contributed by atoms with van der Waals surface area (Å²) >= 11 is 0. The molecule has 0 radical (unpaired) electrons. The SMILES string of the molecule is CC(=O)N1CCN(CC(O)COC2CCCCC2)CC1. The maximum absolute atomic E-state index is 11.2. The molecule has 20 heavy (non-hydrogen) atoms. The number of hydrogen-bond donors (Lipinski definition) is 1. The van der Waals surface area contributed by atoms with Crippen molar-refractivity contribution in [3.05, 3.63) is 0 Å². The van der Waals surface area contributed by atoms with Crippen LogP contribution in [-0.4, -0.2) is 72.4 Å². The lowest BCUT2D eigenvalue weighted by Crippen LogP contribution is -2.50. The molecule has 1 heterocycles. The van der Waals surface area contributed by atoms with E-state index in [4.69, 9.17) is 4.74 Å². The zero-order valence-corrected chi connectivity index (χ0v) is 12.6. The second kappa shape index (κ2) is 7.96. The topological polar surface area (TPSA) is 53.0 Å². The minimum Gasteiger partial charge on any atom is -0.389 e. The molecule has 1 saturated heterocycles. The highest BCUT2D eigenvalue weighted by atomic mass is 16.5. The monoisotopic (exact) mass is 284 g/mol. The number of ether oxygens (including phenoxy) is 1. The summed E-state index contributed by atoms with van der Waals surface area (Å²) in [4.78, 5) is 15.3. The van der Waals surface area contributed by atoms with Crippen LogP contribution in [-0.2, 0) is 9.53 Å². The number of carbonyl (C=O) groups excluding carboxylic acids is 1. The Balaban J connectivity index is 1.60. The number of rotatable bonds is 5. The van der Waals surface area contributed by atoms with Crippen LogP contribution < -0.4 is 0 Å². The van der Waals surface area contributed by atoms with Gasteiger partial charge in [0.2, 0.25) is 5.91 Å². The Morgan fingerprint density at radius 2 is 1.85 bits per heavy atom. The first-order valence-corrected chi connectivity index (χ1v) is 7.92. The maximum atomic E-state index is 11.2. The molecule has 1 aliphatic heterocycles. The zero-order valence-electron chi connectivity index (χ0n) is 12.6. The van der Waals surface area contributed by atoms with Crippen molar-refractivity contribution in [2.75, 3.05) is 39.3 Å². The molecule has 0 bridgehead atoms. The molecule has 0 aromatic carbocycles. The first-order valence-electron chi connectivity index (χ1n) is 7.92. The molecule has 0 aromatic rings. The van der Waals surface area contributed by atoms with E-state index in [2.05, 4.69) is 4.90 Å². The van der Waals surface area contributed by atoms with Crippen LogP contribution in [0.2, 0.25) is 0 Å². The fraction of sp³-hybridized carbons (Fsp3) is 0.933. The van der Waals surface area contributed by atoms with Crippen LogP contribution in [0.4, 0.5) is 0 Å². The predicted molar refractivity (Wildman–Crippen MR) is 77.5 cm³/mol. The summed E-state index contributed by atoms with van der Waals surface area (Å²) in [5.41, 5.74) is 0. The second-order valence-corrected chi connectivity index (χ2v) is 6.05. The minimum atomic E-state index is -0.416. The van der Waals surface area contributed by atoms with Crippen molar-refractivity contribution in [2.45, 2.75) is 51.2 Å². The highest BCUT2D eigenvalue weighted by Gasteiger charge is 2.21. The summed E-state index contributed by atoms with van der Waals surface area (Å²) in [5.74, 6) is 0.144. The van der Waals surface area contributed by atoms with Gasteiger partial charge in [-0.25, -0.2) is 0 Å². The van der Waals surface area contributed by atoms with E-state index in [1.807, 2.05) is 4.90 Å². The lowest BCUT2D eigenvalue weighted by molar-refractivity contribution is -0.130. The van der Waals surface area contributed by atoms with E-state index in [1.165, 1.54) is 19.3 Å².